The number of carbonyl (C=O) groups is 2. The van der Waals surface area contributed by atoms with Crippen molar-refractivity contribution in [3.05, 3.63) is 0 Å². The van der Waals surface area contributed by atoms with E-state index in [0.717, 1.165) is 0 Å². The first-order chi connectivity index (χ1) is 9.46. The second-order valence-corrected chi connectivity index (χ2v) is 7.38. The van der Waals surface area contributed by atoms with Gasteiger partial charge in [0.2, 0.25) is 0 Å². The molecule has 1 unspecified atom stereocenters. The Balaban J connectivity index is -0.000000240. The standard InChI is InChI=1S/C6H13NO2.C3H7NO2.C3H9O2P/c1-4(2)5(7)6(8)9-3;1-6-3(5)2-4;1-5-6(2,3)4/h4-5H,7H2,1-3H3;2,4H2,1H3;1-3H3. The van der Waals surface area contributed by atoms with Crippen molar-refractivity contribution in [1.29, 1.82) is 0 Å². The van der Waals surface area contributed by atoms with Crippen molar-refractivity contribution >= 4 is 19.3 Å². The van der Waals surface area contributed by atoms with Gasteiger partial charge in [0, 0.05) is 20.4 Å². The Hall–Kier alpha value is -0.950. The van der Waals surface area contributed by atoms with Gasteiger partial charge < -0.3 is 25.5 Å². The minimum absolute atomic E-state index is 0.0312. The molecule has 0 aromatic carbocycles. The summed E-state index contributed by atoms with van der Waals surface area (Å²) in [6, 6.07) is -0.477. The highest BCUT2D eigenvalue weighted by molar-refractivity contribution is 7.57. The van der Waals surface area contributed by atoms with Gasteiger partial charge in [-0.15, -0.1) is 0 Å². The van der Waals surface area contributed by atoms with Crippen LogP contribution in [0.3, 0.4) is 0 Å². The van der Waals surface area contributed by atoms with Crippen LogP contribution < -0.4 is 11.5 Å². The molecule has 9 heteroatoms. The van der Waals surface area contributed by atoms with Gasteiger partial charge in [-0.3, -0.25) is 14.2 Å². The molecule has 0 aromatic rings. The van der Waals surface area contributed by atoms with Gasteiger partial charge in [-0.1, -0.05) is 13.8 Å². The van der Waals surface area contributed by atoms with Crippen LogP contribution in [0.1, 0.15) is 13.8 Å². The average molecular weight is 328 g/mol. The third-order valence-corrected chi connectivity index (χ3v) is 2.90. The summed E-state index contributed by atoms with van der Waals surface area (Å²) in [6.45, 7) is 6.87. The Morgan fingerprint density at radius 2 is 1.48 bits per heavy atom. The van der Waals surface area contributed by atoms with E-state index in [1.807, 2.05) is 13.8 Å². The highest BCUT2D eigenvalue weighted by Crippen LogP contribution is 2.35. The van der Waals surface area contributed by atoms with Gasteiger partial charge in [0.1, 0.15) is 6.04 Å². The Morgan fingerprint density at radius 3 is 1.52 bits per heavy atom. The van der Waals surface area contributed by atoms with E-state index in [-0.39, 0.29) is 24.4 Å². The molecule has 0 aliphatic rings. The lowest BCUT2D eigenvalue weighted by Crippen LogP contribution is -2.36. The van der Waals surface area contributed by atoms with Crippen molar-refractivity contribution in [2.45, 2.75) is 19.9 Å². The van der Waals surface area contributed by atoms with Crippen LogP contribution >= 0.6 is 7.37 Å². The highest BCUT2D eigenvalue weighted by atomic mass is 31.2. The van der Waals surface area contributed by atoms with E-state index >= 15 is 0 Å². The Labute approximate surface area is 126 Å². The molecule has 4 N–H and O–H groups in total. The number of hydrogen-bond acceptors (Lipinski definition) is 8. The summed E-state index contributed by atoms with van der Waals surface area (Å²) in [4.78, 5) is 20.4. The van der Waals surface area contributed by atoms with Crippen molar-refractivity contribution in [3.63, 3.8) is 0 Å². The molecule has 1 atom stereocenters. The SMILES string of the molecule is COC(=O)C(N)C(C)C.COC(=O)CN.COP(C)(C)=O. The maximum absolute atomic E-state index is 10.6. The number of ether oxygens (including phenoxy) is 2. The normalized spacial score (nSPS) is 11.3. The van der Waals surface area contributed by atoms with E-state index in [4.69, 9.17) is 11.5 Å². The molecule has 0 spiro atoms. The zero-order chi connectivity index (χ0) is 17.6. The van der Waals surface area contributed by atoms with Gasteiger partial charge in [0.05, 0.1) is 20.8 Å². The quantitative estimate of drug-likeness (QED) is 0.561. The molecule has 0 bridgehead atoms. The fourth-order valence-electron chi connectivity index (χ4n) is 0.492. The summed E-state index contributed by atoms with van der Waals surface area (Å²) < 4.78 is 23.4. The van der Waals surface area contributed by atoms with Crippen molar-refractivity contribution < 1.29 is 28.2 Å². The molecule has 0 radical (unpaired) electrons. The van der Waals surface area contributed by atoms with Crippen LogP contribution in [0.25, 0.3) is 0 Å². The van der Waals surface area contributed by atoms with Gasteiger partial charge >= 0.3 is 11.9 Å². The molecule has 0 heterocycles. The third-order valence-electron chi connectivity index (χ3n) is 2.03. The lowest BCUT2D eigenvalue weighted by molar-refractivity contribution is -0.143. The number of esters is 2. The lowest BCUT2D eigenvalue weighted by Gasteiger charge is -2.11. The Morgan fingerprint density at radius 1 is 1.10 bits per heavy atom. The summed E-state index contributed by atoms with van der Waals surface area (Å²) >= 11 is 0. The van der Waals surface area contributed by atoms with Gasteiger partial charge in [0.15, 0.2) is 7.37 Å². The fourth-order valence-corrected chi connectivity index (χ4v) is 0.492. The minimum Gasteiger partial charge on any atom is -0.468 e. The predicted molar refractivity (Wildman–Crippen MR) is 82.4 cm³/mol. The monoisotopic (exact) mass is 328 g/mol. The summed E-state index contributed by atoms with van der Waals surface area (Å²) in [7, 11) is 1.94. The van der Waals surface area contributed by atoms with E-state index in [1.165, 1.54) is 21.3 Å². The summed E-state index contributed by atoms with van der Waals surface area (Å²) in [5.74, 6) is -0.572. The van der Waals surface area contributed by atoms with Gasteiger partial charge in [-0.2, -0.15) is 0 Å². The van der Waals surface area contributed by atoms with Crippen molar-refractivity contribution in [3.8, 4) is 0 Å². The topological polar surface area (TPSA) is 131 Å². The van der Waals surface area contributed by atoms with Crippen molar-refractivity contribution in [2.75, 3.05) is 41.2 Å². The summed E-state index contributed by atoms with van der Waals surface area (Å²) in [5, 5.41) is 0. The molecular weight excluding hydrogens is 299 g/mol. The molecule has 0 aliphatic carbocycles. The molecule has 0 saturated carbocycles. The van der Waals surface area contributed by atoms with E-state index < -0.39 is 13.4 Å². The minimum atomic E-state index is -2.15. The molecule has 0 aromatic heterocycles. The first-order valence-corrected chi connectivity index (χ1v) is 8.69. The van der Waals surface area contributed by atoms with Gasteiger partial charge in [-0.25, -0.2) is 0 Å². The summed E-state index contributed by atoms with van der Waals surface area (Å²) in [5.41, 5.74) is 10.2. The van der Waals surface area contributed by atoms with E-state index in [9.17, 15) is 14.2 Å². The Kier molecular flexibility index (Phi) is 16.7. The highest BCUT2D eigenvalue weighted by Gasteiger charge is 2.16. The zero-order valence-electron chi connectivity index (χ0n) is 13.9. The van der Waals surface area contributed by atoms with Crippen LogP contribution in [0, 0.1) is 5.92 Å². The zero-order valence-corrected chi connectivity index (χ0v) is 14.8. The van der Waals surface area contributed by atoms with Crippen LogP contribution in [-0.2, 0) is 28.2 Å². The first-order valence-electron chi connectivity index (χ1n) is 6.17. The van der Waals surface area contributed by atoms with Crippen LogP contribution in [0.5, 0.6) is 0 Å². The van der Waals surface area contributed by atoms with Gasteiger partial charge in [-0.05, 0) is 5.92 Å². The van der Waals surface area contributed by atoms with Gasteiger partial charge in [0.25, 0.3) is 0 Å². The maximum atomic E-state index is 10.6. The van der Waals surface area contributed by atoms with E-state index in [1.54, 1.807) is 13.3 Å². The second kappa shape index (κ2) is 14.0. The average Bonchev–Trinajstić information content (AvgIpc) is 2.44. The van der Waals surface area contributed by atoms with E-state index in [2.05, 4.69) is 14.0 Å². The molecule has 0 saturated heterocycles. The number of rotatable bonds is 4. The van der Waals surface area contributed by atoms with Crippen LogP contribution in [-0.4, -0.2) is 59.2 Å². The Bertz CT molecular complexity index is 324. The number of methoxy groups -OCH3 is 2. The molecular formula is C12H29N2O6P. The molecule has 8 nitrogen and oxygen atoms in total. The van der Waals surface area contributed by atoms with Crippen molar-refractivity contribution in [1.82, 2.24) is 0 Å². The molecule has 0 fully saturated rings. The predicted octanol–water partition coefficient (Wildman–Crippen LogP) is 0.431. The molecule has 0 rings (SSSR count). The summed E-state index contributed by atoms with van der Waals surface area (Å²) in [6.07, 6.45) is 0. The molecule has 0 aliphatic heterocycles. The van der Waals surface area contributed by atoms with Crippen LogP contribution in [0.15, 0.2) is 0 Å². The van der Waals surface area contributed by atoms with Crippen molar-refractivity contribution in [2.24, 2.45) is 17.4 Å². The molecule has 21 heavy (non-hydrogen) atoms. The first kappa shape index (κ1) is 25.0. The third kappa shape index (κ3) is 21.5. The van der Waals surface area contributed by atoms with Crippen LogP contribution in [0.2, 0.25) is 0 Å². The second-order valence-electron chi connectivity index (χ2n) is 4.51. The number of carbonyl (C=O) groups excluding carboxylic acids is 2. The fraction of sp³-hybridized carbons (Fsp3) is 0.833. The smallest absolute Gasteiger partial charge is 0.322 e. The number of nitrogens with two attached hydrogens (primary N) is 2. The molecule has 0 amide bonds. The maximum Gasteiger partial charge on any atom is 0.322 e. The van der Waals surface area contributed by atoms with Crippen LogP contribution in [0.4, 0.5) is 0 Å². The lowest BCUT2D eigenvalue weighted by atomic mass is 10.1. The molecule has 128 valence electrons. The largest absolute Gasteiger partial charge is 0.468 e. The van der Waals surface area contributed by atoms with E-state index in [0.29, 0.717) is 0 Å². The number of hydrogen-bond donors (Lipinski definition) is 2.